The van der Waals surface area contributed by atoms with Gasteiger partial charge in [0.05, 0.1) is 6.33 Å². The molecule has 0 spiro atoms. The Hall–Kier alpha value is -5.00. The van der Waals surface area contributed by atoms with Crippen molar-refractivity contribution in [3.63, 3.8) is 0 Å². The van der Waals surface area contributed by atoms with Crippen LogP contribution in [0.1, 0.15) is 15.9 Å². The van der Waals surface area contributed by atoms with Crippen molar-refractivity contribution in [3.05, 3.63) is 84.4 Å². The summed E-state index contributed by atoms with van der Waals surface area (Å²) < 4.78 is 43.3. The first-order valence-electron chi connectivity index (χ1n) is 11.3. The van der Waals surface area contributed by atoms with E-state index >= 15 is 0 Å². The van der Waals surface area contributed by atoms with E-state index in [4.69, 9.17) is 0 Å². The number of amides is 1. The van der Waals surface area contributed by atoms with Crippen molar-refractivity contribution in [1.82, 2.24) is 24.5 Å². The number of benzene rings is 2. The van der Waals surface area contributed by atoms with Crippen molar-refractivity contribution in [3.8, 4) is 17.1 Å². The normalized spacial score (nSPS) is 11.4. The number of hydrogen-bond acceptors (Lipinski definition) is 7. The number of imidazole rings is 1. The van der Waals surface area contributed by atoms with Crippen LogP contribution in [0.25, 0.3) is 22.6 Å². The van der Waals surface area contributed by atoms with Crippen LogP contribution >= 0.6 is 0 Å². The smallest absolute Gasteiger partial charge is 0.406 e. The number of carbonyl (C=O) groups excluding carboxylic acids is 1. The molecule has 2 aromatic carbocycles. The van der Waals surface area contributed by atoms with E-state index in [-0.39, 0.29) is 11.3 Å². The molecule has 0 saturated carbocycles. The molecule has 192 valence electrons. The maximum atomic E-state index is 12.9. The van der Waals surface area contributed by atoms with E-state index in [0.717, 1.165) is 23.3 Å². The fourth-order valence-corrected chi connectivity index (χ4v) is 3.72. The first-order valence-corrected chi connectivity index (χ1v) is 11.3. The monoisotopic (exact) mass is 519 g/mol. The van der Waals surface area contributed by atoms with Crippen molar-refractivity contribution < 1.29 is 22.7 Å². The number of rotatable bonds is 6. The summed E-state index contributed by atoms with van der Waals surface area (Å²) in [4.78, 5) is 30.8. The molecule has 1 amide bonds. The van der Waals surface area contributed by atoms with Crippen LogP contribution in [0.15, 0.2) is 73.3 Å². The molecule has 0 saturated heterocycles. The van der Waals surface area contributed by atoms with Gasteiger partial charge in [0.1, 0.15) is 5.75 Å². The highest BCUT2D eigenvalue weighted by molar-refractivity contribution is 6.05. The molecule has 5 rings (SSSR count). The second-order valence-electron chi connectivity index (χ2n) is 8.35. The number of pyridine rings is 1. The minimum absolute atomic E-state index is 0.152. The topological polar surface area (TPSA) is 107 Å². The number of ether oxygens (including phenoxy) is 1. The lowest BCUT2D eigenvalue weighted by Gasteiger charge is -2.13. The predicted octanol–water partition coefficient (Wildman–Crippen LogP) is 5.63. The predicted molar refractivity (Wildman–Crippen MR) is 135 cm³/mol. The molecule has 0 aliphatic heterocycles. The zero-order chi connectivity index (χ0) is 26.9. The Morgan fingerprint density at radius 3 is 2.66 bits per heavy atom. The fourth-order valence-electron chi connectivity index (χ4n) is 3.72. The van der Waals surface area contributed by atoms with Gasteiger partial charge >= 0.3 is 6.36 Å². The number of aryl methyl sites for hydroxylation is 2. The lowest BCUT2D eigenvalue weighted by molar-refractivity contribution is -0.274. The molecule has 2 N–H and O–H groups in total. The number of halogens is 3. The number of alkyl halides is 3. The second kappa shape index (κ2) is 9.81. The van der Waals surface area contributed by atoms with Gasteiger partial charge < -0.3 is 19.9 Å². The minimum Gasteiger partial charge on any atom is -0.406 e. The van der Waals surface area contributed by atoms with E-state index in [1.807, 2.05) is 20.0 Å². The molecule has 12 heteroatoms. The Labute approximate surface area is 214 Å². The van der Waals surface area contributed by atoms with E-state index in [1.165, 1.54) is 12.1 Å². The molecule has 0 bridgehead atoms. The van der Waals surface area contributed by atoms with Gasteiger partial charge in [0.15, 0.2) is 22.8 Å². The number of aromatic nitrogens is 5. The highest BCUT2D eigenvalue weighted by Gasteiger charge is 2.31. The fraction of sp³-hybridized carbons (Fsp3) is 0.115. The van der Waals surface area contributed by atoms with Gasteiger partial charge in [-0.1, -0.05) is 12.1 Å². The van der Waals surface area contributed by atoms with Gasteiger partial charge in [0.2, 0.25) is 0 Å². The van der Waals surface area contributed by atoms with E-state index in [9.17, 15) is 18.0 Å². The number of hydrogen-bond donors (Lipinski definition) is 2. The van der Waals surface area contributed by atoms with Crippen molar-refractivity contribution in [2.75, 3.05) is 10.6 Å². The average Bonchev–Trinajstić information content (AvgIpc) is 3.26. The summed E-state index contributed by atoms with van der Waals surface area (Å²) >= 11 is 0. The summed E-state index contributed by atoms with van der Waals surface area (Å²) in [6, 6.07) is 13.7. The quantitative estimate of drug-likeness (QED) is 0.300. The lowest BCUT2D eigenvalue weighted by atomic mass is 10.1. The number of nitrogens with zero attached hydrogens (tertiary/aromatic N) is 5. The molecule has 0 fully saturated rings. The van der Waals surface area contributed by atoms with Gasteiger partial charge in [-0.3, -0.25) is 9.78 Å². The maximum absolute atomic E-state index is 12.9. The van der Waals surface area contributed by atoms with Crippen molar-refractivity contribution in [2.24, 2.45) is 7.05 Å². The molecule has 0 aliphatic rings. The molecule has 3 aromatic heterocycles. The van der Waals surface area contributed by atoms with E-state index in [1.54, 1.807) is 47.6 Å². The van der Waals surface area contributed by atoms with Gasteiger partial charge in [-0.15, -0.1) is 13.2 Å². The molecule has 3 heterocycles. The second-order valence-corrected chi connectivity index (χ2v) is 8.35. The van der Waals surface area contributed by atoms with Crippen LogP contribution in [0.5, 0.6) is 5.75 Å². The molecule has 9 nitrogen and oxygen atoms in total. The van der Waals surface area contributed by atoms with Crippen molar-refractivity contribution >= 4 is 34.3 Å². The van der Waals surface area contributed by atoms with Crippen molar-refractivity contribution in [2.45, 2.75) is 13.3 Å². The standard InChI is InChI=1S/C26H20F3N7O2/c1-15-8-9-16(25(37)32-18-6-3-7-19(12-18)38-26(27,28)29)11-20(15)33-23-21-24(36(2)14-31-21)35-22(34-23)17-5-4-10-30-13-17/h3-14H,1-2H3,(H,32,37)(H,33,34,35). The first kappa shape index (κ1) is 24.7. The summed E-state index contributed by atoms with van der Waals surface area (Å²) in [5.74, 6) is -0.0654. The summed E-state index contributed by atoms with van der Waals surface area (Å²) in [5, 5.41) is 5.86. The number of anilines is 3. The zero-order valence-corrected chi connectivity index (χ0v) is 20.1. The van der Waals surface area contributed by atoms with E-state index in [2.05, 4.69) is 35.3 Å². The number of nitrogens with one attached hydrogen (secondary N) is 2. The van der Waals surface area contributed by atoms with Crippen LogP contribution in [0.3, 0.4) is 0 Å². The molecule has 38 heavy (non-hydrogen) atoms. The summed E-state index contributed by atoms with van der Waals surface area (Å²) in [7, 11) is 1.82. The lowest BCUT2D eigenvalue weighted by Crippen LogP contribution is -2.17. The van der Waals surface area contributed by atoms with Gasteiger partial charge in [-0.25, -0.2) is 15.0 Å². The molecule has 5 aromatic rings. The Bertz CT molecular complexity index is 1640. The Morgan fingerprint density at radius 1 is 1.05 bits per heavy atom. The third-order valence-corrected chi connectivity index (χ3v) is 5.56. The zero-order valence-electron chi connectivity index (χ0n) is 20.1. The summed E-state index contributed by atoms with van der Waals surface area (Å²) in [5.41, 5.74) is 3.71. The molecule has 0 radical (unpaired) electrons. The number of carbonyl (C=O) groups is 1. The molecule has 0 atom stereocenters. The Kier molecular flexibility index (Phi) is 6.37. The van der Waals surface area contributed by atoms with Gasteiger partial charge in [0.25, 0.3) is 5.91 Å². The van der Waals surface area contributed by atoms with Crippen LogP contribution in [-0.4, -0.2) is 36.8 Å². The third kappa shape index (κ3) is 5.38. The van der Waals surface area contributed by atoms with Crippen LogP contribution in [-0.2, 0) is 7.05 Å². The van der Waals surface area contributed by atoms with Crippen LogP contribution in [0, 0.1) is 6.92 Å². The average molecular weight is 519 g/mol. The van der Waals surface area contributed by atoms with Gasteiger partial charge in [-0.05, 0) is 48.9 Å². The van der Waals surface area contributed by atoms with E-state index in [0.29, 0.717) is 28.5 Å². The highest BCUT2D eigenvalue weighted by atomic mass is 19.4. The molecular formula is C26H20F3N7O2. The largest absolute Gasteiger partial charge is 0.573 e. The third-order valence-electron chi connectivity index (χ3n) is 5.56. The molecular weight excluding hydrogens is 499 g/mol. The minimum atomic E-state index is -4.84. The van der Waals surface area contributed by atoms with Crippen molar-refractivity contribution in [1.29, 1.82) is 0 Å². The first-order chi connectivity index (χ1) is 18.2. The van der Waals surface area contributed by atoms with E-state index < -0.39 is 18.0 Å². The van der Waals surface area contributed by atoms with Gasteiger partial charge in [0, 0.05) is 48.0 Å². The summed E-state index contributed by atoms with van der Waals surface area (Å²) in [6.45, 7) is 1.86. The SMILES string of the molecule is Cc1ccc(C(=O)Nc2cccc(OC(F)(F)F)c2)cc1Nc1nc(-c2cccnc2)nc2c1ncn2C. The highest BCUT2D eigenvalue weighted by Crippen LogP contribution is 2.29. The van der Waals surface area contributed by atoms with Crippen LogP contribution in [0.4, 0.5) is 30.4 Å². The van der Waals surface area contributed by atoms with Crippen LogP contribution in [0.2, 0.25) is 0 Å². The Balaban J connectivity index is 1.44. The maximum Gasteiger partial charge on any atom is 0.573 e. The number of fused-ring (bicyclic) bond motifs is 1. The Morgan fingerprint density at radius 2 is 1.89 bits per heavy atom. The summed E-state index contributed by atoms with van der Waals surface area (Å²) in [6.07, 6.45) is 0.110. The molecule has 0 unspecified atom stereocenters. The van der Waals surface area contributed by atoms with Crippen LogP contribution < -0.4 is 15.4 Å². The molecule has 0 aliphatic carbocycles. The van der Waals surface area contributed by atoms with Gasteiger partial charge in [-0.2, -0.15) is 0 Å².